The third kappa shape index (κ3) is 3.43. The molecule has 0 bridgehead atoms. The van der Waals surface area contributed by atoms with Crippen molar-refractivity contribution in [3.8, 4) is 0 Å². The van der Waals surface area contributed by atoms with Crippen LogP contribution in [0.3, 0.4) is 0 Å². The van der Waals surface area contributed by atoms with Gasteiger partial charge in [0.2, 0.25) is 5.91 Å². The van der Waals surface area contributed by atoms with Gasteiger partial charge in [-0.3, -0.25) is 4.79 Å². The molecule has 1 aliphatic rings. The van der Waals surface area contributed by atoms with E-state index in [9.17, 15) is 9.18 Å². The van der Waals surface area contributed by atoms with Crippen molar-refractivity contribution in [2.45, 2.75) is 32.1 Å². The van der Waals surface area contributed by atoms with E-state index >= 15 is 0 Å². The Morgan fingerprint density at radius 1 is 1.56 bits per heavy atom. The van der Waals surface area contributed by atoms with Gasteiger partial charge in [-0.15, -0.1) is 0 Å². The molecule has 0 radical (unpaired) electrons. The maximum Gasteiger partial charge on any atom is 0.219 e. The summed E-state index contributed by atoms with van der Waals surface area (Å²) < 4.78 is 14.3. The lowest BCUT2D eigenvalue weighted by Gasteiger charge is -2.06. The third-order valence-corrected chi connectivity index (χ3v) is 4.30. The van der Waals surface area contributed by atoms with Crippen molar-refractivity contribution in [2.75, 3.05) is 6.54 Å². The van der Waals surface area contributed by atoms with Crippen molar-refractivity contribution in [1.82, 2.24) is 5.32 Å². The summed E-state index contributed by atoms with van der Waals surface area (Å²) in [5, 5.41) is 2.94. The van der Waals surface area contributed by atoms with Crippen molar-refractivity contribution in [1.29, 1.82) is 0 Å². The molecule has 0 aliphatic heterocycles. The lowest BCUT2D eigenvalue weighted by Crippen LogP contribution is -2.25. The molecule has 1 amide bonds. The molecule has 4 heteroatoms. The van der Waals surface area contributed by atoms with Gasteiger partial charge in [0.1, 0.15) is 5.82 Å². The summed E-state index contributed by atoms with van der Waals surface area (Å²) in [5.74, 6) is 0.832. The van der Waals surface area contributed by atoms with Crippen LogP contribution in [-0.2, 0) is 4.79 Å². The molecule has 2 atom stereocenters. The zero-order chi connectivity index (χ0) is 13.1. The summed E-state index contributed by atoms with van der Waals surface area (Å²) >= 11 is 2.24. The second kappa shape index (κ2) is 5.99. The predicted molar refractivity (Wildman–Crippen MR) is 77.9 cm³/mol. The molecule has 1 N–H and O–H groups in total. The second-order valence-corrected chi connectivity index (χ2v) is 5.98. The molecule has 0 unspecified atom stereocenters. The van der Waals surface area contributed by atoms with E-state index in [0.717, 1.165) is 28.5 Å². The normalized spacial score (nSPS) is 21.7. The molecule has 1 fully saturated rings. The van der Waals surface area contributed by atoms with Crippen LogP contribution in [0.5, 0.6) is 0 Å². The topological polar surface area (TPSA) is 29.1 Å². The first-order valence-electron chi connectivity index (χ1n) is 6.33. The van der Waals surface area contributed by atoms with Crippen LogP contribution in [0.15, 0.2) is 18.2 Å². The standard InChI is InChI=1S/C14H17FINO/c1-2-3-14(18)17-8-9-6-11(9)12-7-10(15)4-5-13(12)16/h4-5,7,9,11H,2-3,6,8H2,1H3,(H,17,18)/t9-,11+/m0/s1. The molecule has 0 saturated heterocycles. The second-order valence-electron chi connectivity index (χ2n) is 4.82. The van der Waals surface area contributed by atoms with Gasteiger partial charge in [0.05, 0.1) is 0 Å². The van der Waals surface area contributed by atoms with Crippen LogP contribution in [0.4, 0.5) is 4.39 Å². The van der Waals surface area contributed by atoms with Crippen LogP contribution in [0, 0.1) is 15.3 Å². The van der Waals surface area contributed by atoms with Gasteiger partial charge in [-0.25, -0.2) is 4.39 Å². The summed E-state index contributed by atoms with van der Waals surface area (Å²) in [7, 11) is 0. The minimum absolute atomic E-state index is 0.122. The van der Waals surface area contributed by atoms with Gasteiger partial charge in [0.15, 0.2) is 0 Å². The van der Waals surface area contributed by atoms with E-state index in [4.69, 9.17) is 0 Å². The zero-order valence-electron chi connectivity index (χ0n) is 10.4. The van der Waals surface area contributed by atoms with E-state index in [-0.39, 0.29) is 11.7 Å². The van der Waals surface area contributed by atoms with Gasteiger partial charge in [-0.1, -0.05) is 6.92 Å². The highest BCUT2D eigenvalue weighted by molar-refractivity contribution is 14.1. The molecular formula is C14H17FINO. The molecule has 1 aliphatic carbocycles. The molecular weight excluding hydrogens is 344 g/mol. The largest absolute Gasteiger partial charge is 0.356 e. The van der Waals surface area contributed by atoms with E-state index in [0.29, 0.717) is 18.3 Å². The first kappa shape index (κ1) is 13.8. The number of rotatable bonds is 5. The van der Waals surface area contributed by atoms with E-state index in [1.54, 1.807) is 6.07 Å². The number of benzene rings is 1. The Balaban J connectivity index is 1.87. The number of hydrogen-bond acceptors (Lipinski definition) is 1. The van der Waals surface area contributed by atoms with Gasteiger partial charge in [-0.05, 0) is 71.0 Å². The van der Waals surface area contributed by atoms with Crippen LogP contribution >= 0.6 is 22.6 Å². The average molecular weight is 361 g/mol. The van der Waals surface area contributed by atoms with Gasteiger partial charge < -0.3 is 5.32 Å². The summed E-state index contributed by atoms with van der Waals surface area (Å²) in [6.45, 7) is 2.71. The summed E-state index contributed by atoms with van der Waals surface area (Å²) in [4.78, 5) is 11.4. The fourth-order valence-corrected chi connectivity index (χ4v) is 2.95. The van der Waals surface area contributed by atoms with E-state index in [2.05, 4.69) is 27.9 Å². The molecule has 0 aromatic heterocycles. The summed E-state index contributed by atoms with van der Waals surface area (Å²) in [6, 6.07) is 4.93. The highest BCUT2D eigenvalue weighted by Crippen LogP contribution is 2.48. The van der Waals surface area contributed by atoms with Gasteiger partial charge >= 0.3 is 0 Å². The van der Waals surface area contributed by atoms with E-state index in [1.807, 2.05) is 13.0 Å². The number of amides is 1. The molecule has 1 aromatic carbocycles. The lowest BCUT2D eigenvalue weighted by molar-refractivity contribution is -0.121. The fraction of sp³-hybridized carbons (Fsp3) is 0.500. The Morgan fingerprint density at radius 3 is 3.06 bits per heavy atom. The Morgan fingerprint density at radius 2 is 2.33 bits per heavy atom. The van der Waals surface area contributed by atoms with Crippen LogP contribution in [0.25, 0.3) is 0 Å². The SMILES string of the molecule is CCCC(=O)NC[C@@H]1C[C@H]1c1cc(F)ccc1I. The Kier molecular flexibility index (Phi) is 4.59. The number of hydrogen-bond donors (Lipinski definition) is 1. The van der Waals surface area contributed by atoms with Gasteiger partial charge in [-0.2, -0.15) is 0 Å². The van der Waals surface area contributed by atoms with Crippen LogP contribution in [0.1, 0.15) is 37.7 Å². The highest BCUT2D eigenvalue weighted by atomic mass is 127. The quantitative estimate of drug-likeness (QED) is 0.800. The molecule has 1 saturated carbocycles. The van der Waals surface area contributed by atoms with Crippen molar-refractivity contribution in [3.63, 3.8) is 0 Å². The average Bonchev–Trinajstić information content (AvgIpc) is 3.09. The van der Waals surface area contributed by atoms with Crippen LogP contribution < -0.4 is 5.32 Å². The predicted octanol–water partition coefficient (Wildman–Crippen LogP) is 3.45. The van der Waals surface area contributed by atoms with Gasteiger partial charge in [0, 0.05) is 16.5 Å². The Hall–Kier alpha value is -0.650. The number of halogens is 2. The summed E-state index contributed by atoms with van der Waals surface area (Å²) in [6.07, 6.45) is 2.52. The number of carbonyl (C=O) groups is 1. The molecule has 0 spiro atoms. The van der Waals surface area contributed by atoms with Crippen molar-refractivity contribution in [3.05, 3.63) is 33.1 Å². The smallest absolute Gasteiger partial charge is 0.219 e. The minimum Gasteiger partial charge on any atom is -0.356 e. The molecule has 18 heavy (non-hydrogen) atoms. The fourth-order valence-electron chi connectivity index (χ4n) is 2.21. The van der Waals surface area contributed by atoms with Crippen molar-refractivity contribution in [2.24, 2.45) is 5.92 Å². The summed E-state index contributed by atoms with van der Waals surface area (Å²) in [5.41, 5.74) is 1.09. The highest BCUT2D eigenvalue weighted by Gasteiger charge is 2.39. The first-order valence-corrected chi connectivity index (χ1v) is 7.41. The first-order chi connectivity index (χ1) is 8.61. The van der Waals surface area contributed by atoms with Crippen LogP contribution in [-0.4, -0.2) is 12.5 Å². The zero-order valence-corrected chi connectivity index (χ0v) is 12.5. The lowest BCUT2D eigenvalue weighted by atomic mass is 10.1. The van der Waals surface area contributed by atoms with Gasteiger partial charge in [0.25, 0.3) is 0 Å². The Labute approximate surface area is 120 Å². The monoisotopic (exact) mass is 361 g/mol. The van der Waals surface area contributed by atoms with Crippen LogP contribution in [0.2, 0.25) is 0 Å². The van der Waals surface area contributed by atoms with E-state index in [1.165, 1.54) is 6.07 Å². The molecule has 2 nitrogen and oxygen atoms in total. The Bertz CT molecular complexity index is 449. The number of nitrogens with one attached hydrogen (secondary N) is 1. The minimum atomic E-state index is -0.175. The molecule has 0 heterocycles. The van der Waals surface area contributed by atoms with Crippen molar-refractivity contribution < 1.29 is 9.18 Å². The van der Waals surface area contributed by atoms with Crippen molar-refractivity contribution >= 4 is 28.5 Å². The maximum absolute atomic E-state index is 13.2. The third-order valence-electron chi connectivity index (χ3n) is 3.32. The van der Waals surface area contributed by atoms with E-state index < -0.39 is 0 Å². The molecule has 2 rings (SSSR count). The molecule has 1 aromatic rings. The molecule has 98 valence electrons. The maximum atomic E-state index is 13.2. The number of carbonyl (C=O) groups excluding carboxylic acids is 1.